The van der Waals surface area contributed by atoms with Crippen molar-refractivity contribution < 1.29 is 8.42 Å². The maximum Gasteiger partial charge on any atom is 0.250 e. The van der Waals surface area contributed by atoms with Crippen molar-refractivity contribution in [3.63, 3.8) is 0 Å². The van der Waals surface area contributed by atoms with E-state index in [2.05, 4.69) is 22.5 Å². The quantitative estimate of drug-likeness (QED) is 0.748. The largest absolute Gasteiger partial charge is 0.323 e. The van der Waals surface area contributed by atoms with Crippen LogP contribution in [0.3, 0.4) is 0 Å². The highest BCUT2D eigenvalue weighted by molar-refractivity contribution is 9.10. The molecule has 2 atom stereocenters. The zero-order chi connectivity index (χ0) is 17.2. The summed E-state index contributed by atoms with van der Waals surface area (Å²) in [5.41, 5.74) is 8.40. The molecule has 0 fully saturated rings. The summed E-state index contributed by atoms with van der Waals surface area (Å²) in [7, 11) is -3.72. The van der Waals surface area contributed by atoms with E-state index < -0.39 is 15.3 Å². The van der Waals surface area contributed by atoms with Gasteiger partial charge >= 0.3 is 0 Å². The SMILES string of the molecule is C=CC(c1ccc(C)cc1)S(=O)(=O)n1c(Br)ccc1[C@@H](N)CC. The number of aromatic nitrogens is 1. The number of halogens is 1. The highest BCUT2D eigenvalue weighted by Gasteiger charge is 2.30. The Hall–Kier alpha value is -1.37. The summed E-state index contributed by atoms with van der Waals surface area (Å²) in [5.74, 6) is 0. The first-order valence-electron chi connectivity index (χ1n) is 7.39. The summed E-state index contributed by atoms with van der Waals surface area (Å²) in [6, 6.07) is 10.5. The Morgan fingerprint density at radius 3 is 2.39 bits per heavy atom. The van der Waals surface area contributed by atoms with E-state index in [1.165, 1.54) is 10.0 Å². The maximum absolute atomic E-state index is 13.2. The van der Waals surface area contributed by atoms with Crippen LogP contribution in [0.4, 0.5) is 0 Å². The molecule has 1 unspecified atom stereocenters. The van der Waals surface area contributed by atoms with Crippen molar-refractivity contribution in [2.45, 2.75) is 31.6 Å². The number of aryl methyl sites for hydroxylation is 1. The van der Waals surface area contributed by atoms with Gasteiger partial charge in [0.25, 0.3) is 0 Å². The lowest BCUT2D eigenvalue weighted by Gasteiger charge is -2.20. The van der Waals surface area contributed by atoms with E-state index in [1.807, 2.05) is 38.1 Å². The molecular formula is C17H21BrN2O2S. The summed E-state index contributed by atoms with van der Waals surface area (Å²) in [5, 5.41) is -0.838. The molecule has 6 heteroatoms. The van der Waals surface area contributed by atoms with Crippen molar-refractivity contribution in [3.8, 4) is 0 Å². The molecule has 2 aromatic rings. The molecule has 1 aromatic carbocycles. The van der Waals surface area contributed by atoms with Crippen molar-refractivity contribution in [1.82, 2.24) is 3.97 Å². The third kappa shape index (κ3) is 3.44. The first kappa shape index (κ1) is 18.0. The molecule has 2 rings (SSSR count). The number of benzene rings is 1. The second-order valence-corrected chi connectivity index (χ2v) is 8.19. The van der Waals surface area contributed by atoms with Crippen molar-refractivity contribution in [2.24, 2.45) is 5.73 Å². The van der Waals surface area contributed by atoms with E-state index in [-0.39, 0.29) is 6.04 Å². The van der Waals surface area contributed by atoms with Crippen molar-refractivity contribution in [1.29, 1.82) is 0 Å². The molecule has 0 aliphatic rings. The minimum atomic E-state index is -3.72. The van der Waals surface area contributed by atoms with Gasteiger partial charge in [-0.2, -0.15) is 0 Å². The maximum atomic E-state index is 13.2. The fourth-order valence-electron chi connectivity index (χ4n) is 2.46. The lowest BCUT2D eigenvalue weighted by Crippen LogP contribution is -2.25. The summed E-state index contributed by atoms with van der Waals surface area (Å²) < 4.78 is 28.1. The Morgan fingerprint density at radius 2 is 1.87 bits per heavy atom. The highest BCUT2D eigenvalue weighted by Crippen LogP contribution is 2.32. The molecule has 0 amide bonds. The predicted octanol–water partition coefficient (Wildman–Crippen LogP) is 4.07. The molecule has 0 saturated heterocycles. The van der Waals surface area contributed by atoms with Gasteiger partial charge in [-0.05, 0) is 47.0 Å². The first-order chi connectivity index (χ1) is 10.8. The van der Waals surface area contributed by atoms with Crippen molar-refractivity contribution >= 4 is 26.0 Å². The Bertz CT molecular complexity index is 795. The van der Waals surface area contributed by atoms with E-state index >= 15 is 0 Å². The van der Waals surface area contributed by atoms with Crippen LogP contribution in [-0.4, -0.2) is 12.4 Å². The van der Waals surface area contributed by atoms with E-state index in [9.17, 15) is 8.42 Å². The summed E-state index contributed by atoms with van der Waals surface area (Å²) in [6.07, 6.45) is 2.10. The van der Waals surface area contributed by atoms with Crippen molar-refractivity contribution in [2.75, 3.05) is 0 Å². The second kappa shape index (κ2) is 7.03. The number of nitrogens with zero attached hydrogens (tertiary/aromatic N) is 1. The highest BCUT2D eigenvalue weighted by atomic mass is 79.9. The van der Waals surface area contributed by atoms with Gasteiger partial charge in [-0.15, -0.1) is 6.58 Å². The van der Waals surface area contributed by atoms with Crippen LogP contribution < -0.4 is 5.73 Å². The molecule has 1 aromatic heterocycles. The summed E-state index contributed by atoms with van der Waals surface area (Å²) in [6.45, 7) is 7.61. The topological polar surface area (TPSA) is 65.1 Å². The average molecular weight is 397 g/mol. The molecule has 0 aliphatic carbocycles. The van der Waals surface area contributed by atoms with Gasteiger partial charge in [-0.1, -0.05) is 42.8 Å². The zero-order valence-corrected chi connectivity index (χ0v) is 15.6. The fraction of sp³-hybridized carbons (Fsp3) is 0.294. The molecule has 0 bridgehead atoms. The summed E-state index contributed by atoms with van der Waals surface area (Å²) >= 11 is 3.33. The minimum Gasteiger partial charge on any atom is -0.323 e. The minimum absolute atomic E-state index is 0.348. The number of rotatable bonds is 6. The smallest absolute Gasteiger partial charge is 0.250 e. The van der Waals surface area contributed by atoms with Gasteiger partial charge in [-0.3, -0.25) is 0 Å². The van der Waals surface area contributed by atoms with Gasteiger partial charge in [0.15, 0.2) is 0 Å². The van der Waals surface area contributed by atoms with Gasteiger partial charge < -0.3 is 5.73 Å². The lowest BCUT2D eigenvalue weighted by molar-refractivity contribution is 0.571. The van der Waals surface area contributed by atoms with E-state index in [1.54, 1.807) is 12.1 Å². The summed E-state index contributed by atoms with van der Waals surface area (Å²) in [4.78, 5) is 0. The van der Waals surface area contributed by atoms with Gasteiger partial charge in [-0.25, -0.2) is 12.4 Å². The average Bonchev–Trinajstić information content (AvgIpc) is 2.91. The second-order valence-electron chi connectivity index (χ2n) is 5.47. The van der Waals surface area contributed by atoms with Crippen LogP contribution in [-0.2, 0) is 10.0 Å². The van der Waals surface area contributed by atoms with Crippen LogP contribution in [0.5, 0.6) is 0 Å². The molecule has 2 N–H and O–H groups in total. The molecule has 0 saturated carbocycles. The van der Waals surface area contributed by atoms with Gasteiger partial charge in [0, 0.05) is 6.04 Å². The van der Waals surface area contributed by atoms with Crippen molar-refractivity contribution in [3.05, 3.63) is 70.5 Å². The van der Waals surface area contributed by atoms with Crippen LogP contribution in [0.2, 0.25) is 0 Å². The molecule has 4 nitrogen and oxygen atoms in total. The molecule has 1 heterocycles. The Kier molecular flexibility index (Phi) is 5.49. The normalized spacial score (nSPS) is 14.4. The zero-order valence-electron chi connectivity index (χ0n) is 13.2. The number of hydrogen-bond acceptors (Lipinski definition) is 3. The Labute approximate surface area is 146 Å². The Balaban J connectivity index is 2.58. The molecule has 124 valence electrons. The number of nitrogens with two attached hydrogens (primary N) is 1. The van der Waals surface area contributed by atoms with Crippen LogP contribution in [0.1, 0.15) is 41.5 Å². The first-order valence-corrected chi connectivity index (χ1v) is 9.68. The van der Waals surface area contributed by atoms with Crippen LogP contribution in [0.15, 0.2) is 53.7 Å². The van der Waals surface area contributed by atoms with Gasteiger partial charge in [0.2, 0.25) is 10.0 Å². The van der Waals surface area contributed by atoms with Gasteiger partial charge in [0.05, 0.1) is 10.3 Å². The standard InChI is InChI=1S/C17H21BrN2O2S/c1-4-14(19)15-10-11-17(18)20(15)23(21,22)16(5-2)13-8-6-12(3)7-9-13/h5-11,14,16H,2,4,19H2,1,3H3/t14-,16?/m0/s1. The van der Waals surface area contributed by atoms with Crippen LogP contribution in [0, 0.1) is 6.92 Å². The predicted molar refractivity (Wildman–Crippen MR) is 97.8 cm³/mol. The van der Waals surface area contributed by atoms with E-state index in [0.717, 1.165) is 5.56 Å². The monoisotopic (exact) mass is 396 g/mol. The van der Waals surface area contributed by atoms with E-state index in [4.69, 9.17) is 5.73 Å². The van der Waals surface area contributed by atoms with Crippen LogP contribution >= 0.6 is 15.9 Å². The molecule has 0 aliphatic heterocycles. The van der Waals surface area contributed by atoms with E-state index in [0.29, 0.717) is 22.3 Å². The molecular weight excluding hydrogens is 376 g/mol. The Morgan fingerprint density at radius 1 is 1.26 bits per heavy atom. The third-order valence-electron chi connectivity index (χ3n) is 3.84. The number of hydrogen-bond donors (Lipinski definition) is 1. The molecule has 23 heavy (non-hydrogen) atoms. The van der Waals surface area contributed by atoms with Gasteiger partial charge in [0.1, 0.15) is 5.25 Å². The van der Waals surface area contributed by atoms with Crippen LogP contribution in [0.25, 0.3) is 0 Å². The lowest BCUT2D eigenvalue weighted by atomic mass is 10.1. The third-order valence-corrected chi connectivity index (χ3v) is 6.71. The molecule has 0 spiro atoms. The molecule has 0 radical (unpaired) electrons. The fourth-order valence-corrected chi connectivity index (χ4v) is 5.17.